The zero-order valence-electron chi connectivity index (χ0n) is 20.1. The molecule has 6 N–H and O–H groups in total. The van der Waals surface area contributed by atoms with Gasteiger partial charge in [0.15, 0.2) is 0 Å². The summed E-state index contributed by atoms with van der Waals surface area (Å²) in [5, 5.41) is 37.3. The molecule has 1 aromatic rings. The maximum Gasteiger partial charge on any atom is 0.138 e. The summed E-state index contributed by atoms with van der Waals surface area (Å²) < 4.78 is 1.83. The van der Waals surface area contributed by atoms with E-state index >= 15 is 0 Å². The Morgan fingerprint density at radius 1 is 1.19 bits per heavy atom. The van der Waals surface area contributed by atoms with E-state index in [1.54, 1.807) is 13.2 Å². The maximum atomic E-state index is 10.1. The molecule has 8 heteroatoms. The second-order valence-electron chi connectivity index (χ2n) is 8.61. The molecule has 0 amide bonds. The average molecular weight is 442 g/mol. The Labute approximate surface area is 188 Å². The maximum absolute atomic E-state index is 10.1. The highest BCUT2D eigenvalue weighted by molar-refractivity contribution is 4.98. The minimum absolute atomic E-state index is 0.0334. The second-order valence-corrected chi connectivity index (χ2v) is 8.61. The molecule has 0 aromatic carbocycles. The lowest BCUT2D eigenvalue weighted by Gasteiger charge is -2.30. The molecule has 1 aromatic heterocycles. The Balaban J connectivity index is 0.000000256. The number of aryl methyl sites for hydroxylation is 1. The van der Waals surface area contributed by atoms with Crippen LogP contribution in [0.5, 0.6) is 0 Å². The van der Waals surface area contributed by atoms with Gasteiger partial charge in [-0.15, -0.1) is 0 Å². The van der Waals surface area contributed by atoms with Crippen molar-refractivity contribution in [1.82, 2.24) is 25.5 Å². The number of aliphatic hydroxyl groups excluding tert-OH is 3. The fraction of sp³-hybridized carbons (Fsp3) is 0.870. The van der Waals surface area contributed by atoms with Gasteiger partial charge in [-0.25, -0.2) is 4.98 Å². The van der Waals surface area contributed by atoms with Crippen LogP contribution in [-0.4, -0.2) is 76.3 Å². The minimum Gasteiger partial charge on any atom is -0.395 e. The number of nitrogens with one attached hydrogen (secondary N) is 3. The third-order valence-corrected chi connectivity index (χ3v) is 6.13. The van der Waals surface area contributed by atoms with Crippen LogP contribution in [0.3, 0.4) is 0 Å². The number of aliphatic hydroxyl groups is 3. The zero-order valence-corrected chi connectivity index (χ0v) is 20.1. The summed E-state index contributed by atoms with van der Waals surface area (Å²) in [7, 11) is 3.68. The Morgan fingerprint density at radius 3 is 2.35 bits per heavy atom. The van der Waals surface area contributed by atoms with Crippen LogP contribution in [0.2, 0.25) is 0 Å². The SMILES string of the molecule is CCNC(C)C(O)c1nccn1C.CNCCO.OC(C1CCCCC1)C1CCCN1. The van der Waals surface area contributed by atoms with Gasteiger partial charge in [0, 0.05) is 38.1 Å². The highest BCUT2D eigenvalue weighted by atomic mass is 16.3. The lowest BCUT2D eigenvalue weighted by Crippen LogP contribution is -2.40. The number of nitrogens with zero attached hydrogens (tertiary/aromatic N) is 2. The van der Waals surface area contributed by atoms with Crippen LogP contribution in [-0.2, 0) is 7.05 Å². The van der Waals surface area contributed by atoms with Gasteiger partial charge in [0.05, 0.1) is 12.7 Å². The molecule has 1 aliphatic heterocycles. The monoisotopic (exact) mass is 441 g/mol. The fourth-order valence-corrected chi connectivity index (χ4v) is 4.24. The van der Waals surface area contributed by atoms with Crippen LogP contribution in [0.4, 0.5) is 0 Å². The summed E-state index contributed by atoms with van der Waals surface area (Å²) in [6.07, 6.45) is 11.9. The van der Waals surface area contributed by atoms with E-state index in [4.69, 9.17) is 5.11 Å². The van der Waals surface area contributed by atoms with Gasteiger partial charge in [-0.3, -0.25) is 0 Å². The van der Waals surface area contributed by atoms with Crippen molar-refractivity contribution in [3.05, 3.63) is 18.2 Å². The molecule has 31 heavy (non-hydrogen) atoms. The Kier molecular flexibility index (Phi) is 15.0. The van der Waals surface area contributed by atoms with E-state index in [-0.39, 0.29) is 18.8 Å². The Hall–Kier alpha value is -1.03. The topological polar surface area (TPSA) is 115 Å². The standard InChI is InChI=1S/C11H21NO.C9H17N3O.C3H9NO/c13-11(10-7-4-8-12-10)9-5-2-1-3-6-9;1-4-10-7(2)8(13)9-11-5-6-12(9)3;1-4-2-3-5/h9-13H,1-8H2;5-8,10,13H,4H2,1-3H3;4-5H,2-3H2,1H3. The first-order valence-electron chi connectivity index (χ1n) is 12.0. The lowest BCUT2D eigenvalue weighted by atomic mass is 9.82. The van der Waals surface area contributed by atoms with Crippen LogP contribution < -0.4 is 16.0 Å². The summed E-state index contributed by atoms with van der Waals surface area (Å²) in [5.41, 5.74) is 0. The van der Waals surface area contributed by atoms with Crippen molar-refractivity contribution >= 4 is 0 Å². The molecule has 2 aliphatic rings. The molecule has 0 radical (unpaired) electrons. The highest BCUT2D eigenvalue weighted by Crippen LogP contribution is 2.29. The lowest BCUT2D eigenvalue weighted by molar-refractivity contribution is 0.0561. The molecule has 0 bridgehead atoms. The van der Waals surface area contributed by atoms with Gasteiger partial charge in [0.1, 0.15) is 11.9 Å². The van der Waals surface area contributed by atoms with E-state index in [0.717, 1.165) is 13.1 Å². The summed E-state index contributed by atoms with van der Waals surface area (Å²) >= 11 is 0. The van der Waals surface area contributed by atoms with E-state index in [9.17, 15) is 10.2 Å². The minimum atomic E-state index is -0.542. The van der Waals surface area contributed by atoms with Crippen molar-refractivity contribution in [3.8, 4) is 0 Å². The molecule has 4 atom stereocenters. The predicted molar refractivity (Wildman–Crippen MR) is 126 cm³/mol. The molecular weight excluding hydrogens is 394 g/mol. The first-order chi connectivity index (χ1) is 15.0. The average Bonchev–Trinajstić information content (AvgIpc) is 3.47. The Bertz CT molecular complexity index is 543. The first kappa shape index (κ1) is 28.0. The number of hydrogen-bond donors (Lipinski definition) is 6. The Morgan fingerprint density at radius 2 is 1.90 bits per heavy atom. The van der Waals surface area contributed by atoms with Crippen molar-refractivity contribution in [2.24, 2.45) is 13.0 Å². The smallest absolute Gasteiger partial charge is 0.138 e. The number of hydrogen-bond acceptors (Lipinski definition) is 7. The number of rotatable bonds is 8. The summed E-state index contributed by atoms with van der Waals surface area (Å²) in [6.45, 7) is 6.85. The third kappa shape index (κ3) is 10.4. The number of imidazole rings is 1. The van der Waals surface area contributed by atoms with E-state index in [2.05, 4.69) is 20.9 Å². The molecule has 0 spiro atoms. The van der Waals surface area contributed by atoms with Gasteiger partial charge in [-0.05, 0) is 58.7 Å². The molecule has 1 saturated heterocycles. The quantitative estimate of drug-likeness (QED) is 0.361. The molecule has 2 fully saturated rings. The van der Waals surface area contributed by atoms with Crippen molar-refractivity contribution in [2.45, 2.75) is 83.1 Å². The largest absolute Gasteiger partial charge is 0.395 e. The number of aromatic nitrogens is 2. The van der Waals surface area contributed by atoms with Gasteiger partial charge >= 0.3 is 0 Å². The molecule has 1 saturated carbocycles. The second kappa shape index (κ2) is 16.6. The van der Waals surface area contributed by atoms with Crippen molar-refractivity contribution in [3.63, 3.8) is 0 Å². The summed E-state index contributed by atoms with van der Waals surface area (Å²) in [6, 6.07) is 0.439. The van der Waals surface area contributed by atoms with Crippen LogP contribution >= 0.6 is 0 Å². The van der Waals surface area contributed by atoms with Crippen LogP contribution in [0.1, 0.15) is 70.7 Å². The van der Waals surface area contributed by atoms with Gasteiger partial charge in [0.25, 0.3) is 0 Å². The predicted octanol–water partition coefficient (Wildman–Crippen LogP) is 1.33. The first-order valence-corrected chi connectivity index (χ1v) is 12.0. The third-order valence-electron chi connectivity index (χ3n) is 6.13. The van der Waals surface area contributed by atoms with Gasteiger partial charge < -0.3 is 35.8 Å². The van der Waals surface area contributed by atoms with Crippen molar-refractivity contribution in [2.75, 3.05) is 33.3 Å². The van der Waals surface area contributed by atoms with Crippen molar-refractivity contribution < 1.29 is 15.3 Å². The van der Waals surface area contributed by atoms with E-state index in [1.807, 2.05) is 31.7 Å². The molecule has 3 rings (SSSR count). The highest BCUT2D eigenvalue weighted by Gasteiger charge is 2.30. The zero-order chi connectivity index (χ0) is 23.1. The normalized spacial score (nSPS) is 22.0. The van der Waals surface area contributed by atoms with Crippen molar-refractivity contribution in [1.29, 1.82) is 0 Å². The fourth-order valence-electron chi connectivity index (χ4n) is 4.24. The molecule has 2 heterocycles. The van der Waals surface area contributed by atoms with Crippen LogP contribution in [0.25, 0.3) is 0 Å². The van der Waals surface area contributed by atoms with Gasteiger partial charge in [-0.2, -0.15) is 0 Å². The van der Waals surface area contributed by atoms with E-state index in [1.165, 1.54) is 44.9 Å². The molecule has 182 valence electrons. The van der Waals surface area contributed by atoms with Crippen LogP contribution in [0, 0.1) is 5.92 Å². The molecular formula is C23H47N5O3. The molecule has 4 unspecified atom stereocenters. The van der Waals surface area contributed by atoms with Gasteiger partial charge in [0.2, 0.25) is 0 Å². The summed E-state index contributed by atoms with van der Waals surface area (Å²) in [5.74, 6) is 1.29. The molecule has 1 aliphatic carbocycles. The van der Waals surface area contributed by atoms with E-state index < -0.39 is 6.10 Å². The molecule has 8 nitrogen and oxygen atoms in total. The number of likely N-dealkylation sites (N-methyl/N-ethyl adjacent to an activating group) is 2. The van der Waals surface area contributed by atoms with Crippen LogP contribution in [0.15, 0.2) is 12.4 Å². The van der Waals surface area contributed by atoms with E-state index in [0.29, 0.717) is 24.3 Å². The van der Waals surface area contributed by atoms with Gasteiger partial charge in [-0.1, -0.05) is 26.2 Å². The summed E-state index contributed by atoms with van der Waals surface area (Å²) in [4.78, 5) is 4.09.